The monoisotopic (exact) mass is 330 g/mol. The fraction of sp³-hybridized carbons (Fsp3) is 0.125. The van der Waals surface area contributed by atoms with Crippen LogP contribution in [0.2, 0.25) is 0 Å². The number of hydrogen-bond acceptors (Lipinski definition) is 6. The summed E-state index contributed by atoms with van der Waals surface area (Å²) in [6.45, 7) is 0. The molecule has 0 spiro atoms. The lowest BCUT2D eigenvalue weighted by atomic mass is 9.97. The van der Waals surface area contributed by atoms with Crippen molar-refractivity contribution in [1.29, 1.82) is 5.26 Å². The van der Waals surface area contributed by atoms with Crippen LogP contribution >= 0.6 is 0 Å². The Balaban J connectivity index is 2.44. The Morgan fingerprint density at radius 3 is 2.48 bits per heavy atom. The number of nitriles is 1. The number of benzene rings is 1. The zero-order valence-electron chi connectivity index (χ0n) is 12.6. The molecule has 0 radical (unpaired) electrons. The molecule has 1 aromatic rings. The summed E-state index contributed by atoms with van der Waals surface area (Å²) in [5.41, 5.74) is 2.09. The molecular formula is C16H14N2O4S. The number of ether oxygens (including phenoxy) is 1. The molecule has 0 heterocycles. The molecule has 1 aromatic carbocycles. The minimum Gasteiger partial charge on any atom is -0.494 e. The Labute approximate surface area is 134 Å². The van der Waals surface area contributed by atoms with Crippen LogP contribution in [0.5, 0.6) is 0 Å². The summed E-state index contributed by atoms with van der Waals surface area (Å²) < 4.78 is 31.6. The summed E-state index contributed by atoms with van der Waals surface area (Å²) in [6.07, 6.45) is 5.68. The van der Waals surface area contributed by atoms with Crippen LogP contribution in [-0.4, -0.2) is 27.5 Å². The van der Waals surface area contributed by atoms with Gasteiger partial charge in [0.25, 0.3) is 0 Å². The van der Waals surface area contributed by atoms with Crippen LogP contribution in [0, 0.1) is 11.3 Å². The van der Waals surface area contributed by atoms with Crippen molar-refractivity contribution in [2.45, 2.75) is 0 Å². The molecule has 0 amide bonds. The van der Waals surface area contributed by atoms with Gasteiger partial charge in [-0.15, -0.1) is 0 Å². The molecule has 0 N–H and O–H groups in total. The maximum atomic E-state index is 11.0. The molecule has 0 aliphatic heterocycles. The van der Waals surface area contributed by atoms with E-state index in [1.54, 1.807) is 12.2 Å². The molecular weight excluding hydrogens is 316 g/mol. The lowest BCUT2D eigenvalue weighted by Gasteiger charge is -2.12. The van der Waals surface area contributed by atoms with Crippen molar-refractivity contribution in [2.24, 2.45) is 5.16 Å². The highest BCUT2D eigenvalue weighted by molar-refractivity contribution is 7.85. The Kier molecular flexibility index (Phi) is 4.98. The first-order valence-corrected chi connectivity index (χ1v) is 8.37. The normalized spacial score (nSPS) is 18.1. The third kappa shape index (κ3) is 4.31. The number of oxime groups is 1. The first-order chi connectivity index (χ1) is 10.9. The van der Waals surface area contributed by atoms with Crippen molar-refractivity contribution in [3.05, 3.63) is 65.5 Å². The second-order valence-electron chi connectivity index (χ2n) is 4.61. The van der Waals surface area contributed by atoms with Gasteiger partial charge in [-0.25, -0.2) is 0 Å². The van der Waals surface area contributed by atoms with Crippen molar-refractivity contribution in [3.63, 3.8) is 0 Å². The van der Waals surface area contributed by atoms with Gasteiger partial charge in [0.2, 0.25) is 0 Å². The highest BCUT2D eigenvalue weighted by Gasteiger charge is 2.15. The third-order valence-electron chi connectivity index (χ3n) is 2.91. The van der Waals surface area contributed by atoms with E-state index in [1.165, 1.54) is 13.2 Å². The van der Waals surface area contributed by atoms with E-state index in [0.29, 0.717) is 16.9 Å². The Hall–Kier alpha value is -2.85. The molecule has 0 fully saturated rings. The number of allylic oxidation sites excluding steroid dienone is 5. The summed E-state index contributed by atoms with van der Waals surface area (Å²) in [4.78, 5) is 0. The second-order valence-corrected chi connectivity index (χ2v) is 6.17. The molecule has 0 aromatic heterocycles. The second kappa shape index (κ2) is 6.94. The maximum absolute atomic E-state index is 11.0. The van der Waals surface area contributed by atoms with E-state index in [0.717, 1.165) is 11.8 Å². The van der Waals surface area contributed by atoms with E-state index in [1.807, 2.05) is 30.3 Å². The van der Waals surface area contributed by atoms with E-state index in [2.05, 4.69) is 15.5 Å². The van der Waals surface area contributed by atoms with E-state index < -0.39 is 10.1 Å². The van der Waals surface area contributed by atoms with Crippen molar-refractivity contribution in [3.8, 4) is 6.07 Å². The molecule has 0 atom stereocenters. The van der Waals surface area contributed by atoms with Crippen LogP contribution in [0.15, 0.2) is 65.0 Å². The first-order valence-electron chi connectivity index (χ1n) is 6.55. The minimum atomic E-state index is -3.70. The van der Waals surface area contributed by atoms with Crippen LogP contribution in [0.1, 0.15) is 5.56 Å². The molecule has 118 valence electrons. The van der Waals surface area contributed by atoms with Crippen LogP contribution in [-0.2, 0) is 19.1 Å². The van der Waals surface area contributed by atoms with Gasteiger partial charge in [0, 0.05) is 0 Å². The highest BCUT2D eigenvalue weighted by atomic mass is 32.2. The fourth-order valence-corrected chi connectivity index (χ4v) is 2.13. The van der Waals surface area contributed by atoms with Crippen molar-refractivity contribution >= 4 is 21.4 Å². The zero-order valence-corrected chi connectivity index (χ0v) is 13.4. The number of nitrogens with zero attached hydrogens (tertiary/aromatic N) is 2. The Bertz CT molecular complexity index is 857. The van der Waals surface area contributed by atoms with Gasteiger partial charge in [-0.05, 0) is 23.3 Å². The number of hydrogen-bond donors (Lipinski definition) is 0. The average Bonchev–Trinajstić information content (AvgIpc) is 2.54. The molecule has 0 saturated carbocycles. The Morgan fingerprint density at radius 1 is 1.22 bits per heavy atom. The quantitative estimate of drug-likeness (QED) is 0.625. The predicted octanol–water partition coefficient (Wildman–Crippen LogP) is 2.40. The summed E-state index contributed by atoms with van der Waals surface area (Å²) in [6, 6.07) is 11.4. The summed E-state index contributed by atoms with van der Waals surface area (Å²) in [7, 11) is -2.28. The highest BCUT2D eigenvalue weighted by Crippen LogP contribution is 2.24. The van der Waals surface area contributed by atoms with E-state index in [4.69, 9.17) is 4.74 Å². The van der Waals surface area contributed by atoms with Gasteiger partial charge >= 0.3 is 10.1 Å². The van der Waals surface area contributed by atoms with Crippen LogP contribution in [0.25, 0.3) is 5.57 Å². The standard InChI is InChI=1S/C16H14N2O4S/c1-21-16-10-13(8-9-15(16)18-22-23(2,19)20)14(11-17)12-6-4-3-5-7-12/h3-10H,1-2H3. The van der Waals surface area contributed by atoms with Crippen molar-refractivity contribution in [2.75, 3.05) is 13.4 Å². The molecule has 0 saturated heterocycles. The van der Waals surface area contributed by atoms with Crippen LogP contribution in [0.3, 0.4) is 0 Å². The third-order valence-corrected chi connectivity index (χ3v) is 3.26. The number of rotatable bonds is 4. The van der Waals surface area contributed by atoms with Crippen LogP contribution < -0.4 is 0 Å². The minimum absolute atomic E-state index is 0.215. The topological polar surface area (TPSA) is 88.8 Å². The Morgan fingerprint density at radius 2 is 1.91 bits per heavy atom. The van der Waals surface area contributed by atoms with Gasteiger partial charge < -0.3 is 4.74 Å². The molecule has 6 nitrogen and oxygen atoms in total. The average molecular weight is 330 g/mol. The fourth-order valence-electron chi connectivity index (χ4n) is 1.92. The van der Waals surface area contributed by atoms with Crippen molar-refractivity contribution in [1.82, 2.24) is 0 Å². The van der Waals surface area contributed by atoms with E-state index in [9.17, 15) is 13.7 Å². The SMILES string of the molecule is COC1=CC(=C(C#N)c2ccccc2)C=CC1=NOS(C)(=O)=O. The van der Waals surface area contributed by atoms with E-state index >= 15 is 0 Å². The van der Waals surface area contributed by atoms with Gasteiger partial charge in [-0.1, -0.05) is 41.6 Å². The molecule has 2 rings (SSSR count). The summed E-state index contributed by atoms with van der Waals surface area (Å²) >= 11 is 0. The van der Waals surface area contributed by atoms with Gasteiger partial charge in [-0.3, -0.25) is 4.28 Å². The summed E-state index contributed by atoms with van der Waals surface area (Å²) in [5, 5.41) is 13.0. The van der Waals surface area contributed by atoms with Gasteiger partial charge in [0.05, 0.1) is 18.9 Å². The molecule has 0 bridgehead atoms. The molecule has 7 heteroatoms. The first kappa shape index (κ1) is 16.5. The molecule has 23 heavy (non-hydrogen) atoms. The number of methoxy groups -OCH3 is 1. The predicted molar refractivity (Wildman–Crippen MR) is 86.6 cm³/mol. The van der Waals surface area contributed by atoms with Gasteiger partial charge in [0.15, 0.2) is 0 Å². The maximum Gasteiger partial charge on any atom is 0.325 e. The smallest absolute Gasteiger partial charge is 0.325 e. The largest absolute Gasteiger partial charge is 0.494 e. The van der Waals surface area contributed by atoms with Gasteiger partial charge in [0.1, 0.15) is 17.5 Å². The lowest BCUT2D eigenvalue weighted by molar-refractivity contribution is 0.305. The zero-order chi connectivity index (χ0) is 16.9. The molecule has 1 aliphatic rings. The van der Waals surface area contributed by atoms with Crippen LogP contribution in [0.4, 0.5) is 0 Å². The van der Waals surface area contributed by atoms with Crippen molar-refractivity contribution < 1.29 is 17.4 Å². The van der Waals surface area contributed by atoms with Gasteiger partial charge in [-0.2, -0.15) is 13.7 Å². The molecule has 0 unspecified atom stereocenters. The van der Waals surface area contributed by atoms with E-state index in [-0.39, 0.29) is 5.71 Å². The molecule has 1 aliphatic carbocycles. The summed E-state index contributed by atoms with van der Waals surface area (Å²) in [5.74, 6) is 0.301. The lowest BCUT2D eigenvalue weighted by Crippen LogP contribution is -2.09.